The van der Waals surface area contributed by atoms with E-state index in [1.165, 1.54) is 24.5 Å². The molecule has 6 nitrogen and oxygen atoms in total. The summed E-state index contributed by atoms with van der Waals surface area (Å²) in [5.74, 6) is 0.570. The Kier molecular flexibility index (Phi) is 3.13. The molecule has 0 atom stereocenters. The molecule has 0 spiro atoms. The molecule has 1 fully saturated rings. The minimum Gasteiger partial charge on any atom is -0.310 e. The molecule has 0 radical (unpaired) electrons. The van der Waals surface area contributed by atoms with E-state index in [4.69, 9.17) is 0 Å². The molecule has 20 heavy (non-hydrogen) atoms. The molecule has 0 aliphatic heterocycles. The summed E-state index contributed by atoms with van der Waals surface area (Å²) in [6, 6.07) is 4.28. The fourth-order valence-electron chi connectivity index (χ4n) is 1.96. The minimum atomic E-state index is -3.53. The van der Waals surface area contributed by atoms with Crippen molar-refractivity contribution in [1.82, 2.24) is 15.0 Å². The Bertz CT molecular complexity index is 780. The van der Waals surface area contributed by atoms with Crippen molar-refractivity contribution in [3.8, 4) is 0 Å². The molecular formula is C13H13N3O3S. The average molecular weight is 291 g/mol. The van der Waals surface area contributed by atoms with Crippen molar-refractivity contribution in [2.75, 3.05) is 0 Å². The van der Waals surface area contributed by atoms with Crippen LogP contribution in [0.25, 0.3) is 0 Å². The van der Waals surface area contributed by atoms with Gasteiger partial charge in [-0.25, -0.2) is 13.4 Å². The van der Waals surface area contributed by atoms with E-state index in [0.29, 0.717) is 5.82 Å². The molecule has 2 heterocycles. The zero-order valence-electron chi connectivity index (χ0n) is 10.6. The monoisotopic (exact) mass is 291 g/mol. The highest BCUT2D eigenvalue weighted by Crippen LogP contribution is 2.37. The van der Waals surface area contributed by atoms with Crippen molar-refractivity contribution < 1.29 is 8.42 Å². The third-order valence-corrected chi connectivity index (χ3v) is 4.74. The predicted molar refractivity (Wildman–Crippen MR) is 72.0 cm³/mol. The molecule has 104 valence electrons. The predicted octanol–water partition coefficient (Wildman–Crippen LogP) is 1.02. The molecule has 7 heteroatoms. The lowest BCUT2D eigenvalue weighted by Gasteiger charge is -2.05. The van der Waals surface area contributed by atoms with Gasteiger partial charge in [0.15, 0.2) is 9.84 Å². The van der Waals surface area contributed by atoms with Crippen molar-refractivity contribution >= 4 is 9.84 Å². The molecule has 1 aliphatic carbocycles. The third kappa shape index (κ3) is 2.77. The second kappa shape index (κ2) is 4.82. The lowest BCUT2D eigenvalue weighted by molar-refractivity contribution is 0.594. The number of H-pyrrole nitrogens is 1. The molecule has 2 aromatic rings. The maximum Gasteiger partial charge on any atom is 0.251 e. The fourth-order valence-corrected chi connectivity index (χ4v) is 3.17. The van der Waals surface area contributed by atoms with Gasteiger partial charge in [-0.2, -0.15) is 0 Å². The van der Waals surface area contributed by atoms with Crippen LogP contribution in [0.2, 0.25) is 0 Å². The number of nitrogens with zero attached hydrogens (tertiary/aromatic N) is 2. The van der Waals surface area contributed by atoms with E-state index in [1.54, 1.807) is 6.07 Å². The fraction of sp³-hybridized carbons (Fsp3) is 0.308. The first-order valence-corrected chi connectivity index (χ1v) is 7.93. The smallest absolute Gasteiger partial charge is 0.251 e. The molecule has 2 aromatic heterocycles. The van der Waals surface area contributed by atoms with Crippen LogP contribution in [-0.2, 0) is 15.6 Å². The quantitative estimate of drug-likeness (QED) is 0.907. The standard InChI is InChI=1S/C13H13N3O3S/c17-12-6-10(15-13(16-12)9-3-4-9)8-20(18,19)11-2-1-5-14-7-11/h1-2,5-7,9H,3-4,8H2,(H,15,16,17). The molecule has 1 aliphatic rings. The number of hydrogen-bond acceptors (Lipinski definition) is 5. The molecule has 0 amide bonds. The highest BCUT2D eigenvalue weighted by Gasteiger charge is 2.27. The Labute approximate surface area is 115 Å². The van der Waals surface area contributed by atoms with Crippen molar-refractivity contribution in [3.05, 3.63) is 52.5 Å². The molecule has 0 saturated heterocycles. The number of aromatic nitrogens is 3. The Morgan fingerprint density at radius 2 is 2.15 bits per heavy atom. The molecule has 1 N–H and O–H groups in total. The van der Waals surface area contributed by atoms with Gasteiger partial charge in [0.05, 0.1) is 16.3 Å². The van der Waals surface area contributed by atoms with Crippen LogP contribution >= 0.6 is 0 Å². The molecule has 1 saturated carbocycles. The molecule has 0 bridgehead atoms. The minimum absolute atomic E-state index is 0.134. The first-order chi connectivity index (χ1) is 9.54. The summed E-state index contributed by atoms with van der Waals surface area (Å²) in [4.78, 5) is 22.4. The maximum absolute atomic E-state index is 12.2. The van der Waals surface area contributed by atoms with Crippen LogP contribution < -0.4 is 5.56 Å². The summed E-state index contributed by atoms with van der Waals surface area (Å²) in [5.41, 5.74) is -0.0298. The zero-order valence-corrected chi connectivity index (χ0v) is 11.4. The van der Waals surface area contributed by atoms with Crippen LogP contribution in [0.5, 0.6) is 0 Å². The van der Waals surface area contributed by atoms with Crippen LogP contribution in [0.1, 0.15) is 30.3 Å². The van der Waals surface area contributed by atoms with Crippen molar-refractivity contribution in [2.45, 2.75) is 29.4 Å². The van der Waals surface area contributed by atoms with Crippen LogP contribution in [0.4, 0.5) is 0 Å². The van der Waals surface area contributed by atoms with Gasteiger partial charge in [-0.05, 0) is 25.0 Å². The summed E-state index contributed by atoms with van der Waals surface area (Å²) in [6.45, 7) is 0. The van der Waals surface area contributed by atoms with E-state index >= 15 is 0 Å². The van der Waals surface area contributed by atoms with Gasteiger partial charge in [-0.1, -0.05) is 0 Å². The number of pyridine rings is 1. The van der Waals surface area contributed by atoms with Crippen LogP contribution in [0.15, 0.2) is 40.3 Å². The SMILES string of the molecule is O=c1cc(CS(=O)(=O)c2cccnc2)nc(C2CC2)[nH]1. The van der Waals surface area contributed by atoms with Crippen molar-refractivity contribution in [3.63, 3.8) is 0 Å². The largest absolute Gasteiger partial charge is 0.310 e. The van der Waals surface area contributed by atoms with E-state index in [2.05, 4.69) is 15.0 Å². The Morgan fingerprint density at radius 1 is 1.35 bits per heavy atom. The van der Waals surface area contributed by atoms with Crippen molar-refractivity contribution in [1.29, 1.82) is 0 Å². The van der Waals surface area contributed by atoms with E-state index in [-0.39, 0.29) is 27.8 Å². The van der Waals surface area contributed by atoms with E-state index in [1.807, 2.05) is 0 Å². The van der Waals surface area contributed by atoms with Gasteiger partial charge >= 0.3 is 0 Å². The van der Waals surface area contributed by atoms with Crippen LogP contribution in [0, 0.1) is 0 Å². The van der Waals surface area contributed by atoms with E-state index < -0.39 is 9.84 Å². The Morgan fingerprint density at radius 3 is 2.80 bits per heavy atom. The molecule has 0 aromatic carbocycles. The summed E-state index contributed by atoms with van der Waals surface area (Å²) in [7, 11) is -3.53. The zero-order chi connectivity index (χ0) is 14.2. The van der Waals surface area contributed by atoms with Gasteiger partial charge < -0.3 is 4.98 Å². The summed E-state index contributed by atoms with van der Waals surface area (Å²) < 4.78 is 24.4. The first-order valence-electron chi connectivity index (χ1n) is 6.27. The van der Waals surface area contributed by atoms with Gasteiger partial charge in [0.1, 0.15) is 5.82 Å². The summed E-state index contributed by atoms with van der Waals surface area (Å²) in [6.07, 6.45) is 4.78. The normalized spacial score (nSPS) is 15.2. The number of rotatable bonds is 4. The van der Waals surface area contributed by atoms with E-state index in [9.17, 15) is 13.2 Å². The Balaban J connectivity index is 1.93. The van der Waals surface area contributed by atoms with Gasteiger partial charge in [0, 0.05) is 24.4 Å². The summed E-state index contributed by atoms with van der Waals surface area (Å²) in [5, 5.41) is 0. The van der Waals surface area contributed by atoms with Crippen molar-refractivity contribution in [2.24, 2.45) is 0 Å². The van der Waals surface area contributed by atoms with Gasteiger partial charge in [-0.3, -0.25) is 9.78 Å². The summed E-state index contributed by atoms with van der Waals surface area (Å²) >= 11 is 0. The highest BCUT2D eigenvalue weighted by molar-refractivity contribution is 7.90. The maximum atomic E-state index is 12.2. The number of sulfone groups is 1. The first kappa shape index (κ1) is 13.0. The lowest BCUT2D eigenvalue weighted by Crippen LogP contribution is -2.15. The van der Waals surface area contributed by atoms with Crippen LogP contribution in [0.3, 0.4) is 0 Å². The molecule has 3 rings (SSSR count). The molecule has 0 unspecified atom stereocenters. The lowest BCUT2D eigenvalue weighted by atomic mass is 10.3. The topological polar surface area (TPSA) is 92.8 Å². The highest BCUT2D eigenvalue weighted by atomic mass is 32.2. The second-order valence-corrected chi connectivity index (χ2v) is 6.83. The van der Waals surface area contributed by atoms with Gasteiger partial charge in [0.2, 0.25) is 0 Å². The number of nitrogens with one attached hydrogen (secondary N) is 1. The Hall–Kier alpha value is -2.02. The van der Waals surface area contributed by atoms with Gasteiger partial charge in [-0.15, -0.1) is 0 Å². The molecular weight excluding hydrogens is 278 g/mol. The van der Waals surface area contributed by atoms with Crippen LogP contribution in [-0.4, -0.2) is 23.4 Å². The number of hydrogen-bond donors (Lipinski definition) is 1. The third-order valence-electron chi connectivity index (χ3n) is 3.11. The number of aromatic amines is 1. The average Bonchev–Trinajstić information content (AvgIpc) is 3.23. The van der Waals surface area contributed by atoms with E-state index in [0.717, 1.165) is 12.8 Å². The van der Waals surface area contributed by atoms with Gasteiger partial charge in [0.25, 0.3) is 5.56 Å². The second-order valence-electron chi connectivity index (χ2n) is 4.84.